The van der Waals surface area contributed by atoms with Gasteiger partial charge in [-0.25, -0.2) is 9.97 Å². The quantitative estimate of drug-likeness (QED) is 0.785. The van der Waals surface area contributed by atoms with Crippen LogP contribution in [0.4, 0.5) is 0 Å². The molecular formula is C16H21N3O. The predicted molar refractivity (Wildman–Crippen MR) is 79.9 cm³/mol. The first kappa shape index (κ1) is 14.5. The Morgan fingerprint density at radius 3 is 2.60 bits per heavy atom. The molecule has 0 saturated carbocycles. The van der Waals surface area contributed by atoms with Gasteiger partial charge in [-0.1, -0.05) is 26.0 Å². The van der Waals surface area contributed by atoms with E-state index in [1.165, 1.54) is 5.56 Å². The minimum atomic E-state index is 0.387. The van der Waals surface area contributed by atoms with Crippen LogP contribution in [0, 0.1) is 0 Å². The number of ether oxygens (including phenoxy) is 1. The molecule has 106 valence electrons. The van der Waals surface area contributed by atoms with Crippen molar-refractivity contribution in [2.75, 3.05) is 6.54 Å². The lowest BCUT2D eigenvalue weighted by atomic mass is 10.2. The zero-order chi connectivity index (χ0) is 14.2. The monoisotopic (exact) mass is 271 g/mol. The average Bonchev–Trinajstić information content (AvgIpc) is 2.49. The van der Waals surface area contributed by atoms with E-state index < -0.39 is 0 Å². The number of hydrogen-bond acceptors (Lipinski definition) is 4. The Hall–Kier alpha value is -1.94. The molecule has 1 N–H and O–H groups in total. The number of hydrogen-bond donors (Lipinski definition) is 1. The number of benzene rings is 1. The molecule has 1 aromatic carbocycles. The molecule has 2 rings (SSSR count). The van der Waals surface area contributed by atoms with E-state index >= 15 is 0 Å². The zero-order valence-electron chi connectivity index (χ0n) is 12.1. The van der Waals surface area contributed by atoms with Crippen molar-refractivity contribution in [2.45, 2.75) is 33.2 Å². The molecule has 0 aliphatic rings. The highest BCUT2D eigenvalue weighted by Crippen LogP contribution is 2.19. The van der Waals surface area contributed by atoms with Crippen LogP contribution in [0.2, 0.25) is 0 Å². The molecule has 0 aliphatic carbocycles. The van der Waals surface area contributed by atoms with Crippen molar-refractivity contribution < 1.29 is 4.74 Å². The Labute approximate surface area is 120 Å². The number of rotatable bonds is 7. The van der Waals surface area contributed by atoms with E-state index in [4.69, 9.17) is 4.74 Å². The molecule has 2 aromatic rings. The number of nitrogens with one attached hydrogen (secondary N) is 1. The van der Waals surface area contributed by atoms with Crippen LogP contribution in [0.15, 0.2) is 36.7 Å². The van der Waals surface area contributed by atoms with Gasteiger partial charge in [0, 0.05) is 24.5 Å². The van der Waals surface area contributed by atoms with Crippen LogP contribution in [-0.4, -0.2) is 16.5 Å². The summed E-state index contributed by atoms with van der Waals surface area (Å²) in [7, 11) is 0. The summed E-state index contributed by atoms with van der Waals surface area (Å²) in [4.78, 5) is 8.47. The Bertz CT molecular complexity index is 526. The van der Waals surface area contributed by atoms with Crippen LogP contribution in [-0.2, 0) is 13.0 Å². The minimum Gasteiger partial charge on any atom is -0.424 e. The molecule has 0 radical (unpaired) electrons. The van der Waals surface area contributed by atoms with Gasteiger partial charge in [0.1, 0.15) is 5.75 Å². The third kappa shape index (κ3) is 4.31. The zero-order valence-corrected chi connectivity index (χ0v) is 12.1. The molecular weight excluding hydrogens is 250 g/mol. The van der Waals surface area contributed by atoms with Crippen molar-refractivity contribution in [3.63, 3.8) is 0 Å². The minimum absolute atomic E-state index is 0.387. The Morgan fingerprint density at radius 2 is 1.90 bits per heavy atom. The van der Waals surface area contributed by atoms with Crippen LogP contribution in [0.25, 0.3) is 0 Å². The third-order valence-corrected chi connectivity index (χ3v) is 2.95. The van der Waals surface area contributed by atoms with Crippen molar-refractivity contribution in [2.24, 2.45) is 0 Å². The van der Waals surface area contributed by atoms with Gasteiger partial charge < -0.3 is 10.1 Å². The fourth-order valence-electron chi connectivity index (χ4n) is 1.83. The van der Waals surface area contributed by atoms with E-state index in [0.29, 0.717) is 6.01 Å². The second-order valence-electron chi connectivity index (χ2n) is 4.65. The Morgan fingerprint density at radius 1 is 1.10 bits per heavy atom. The molecule has 0 saturated heterocycles. The Balaban J connectivity index is 1.95. The van der Waals surface area contributed by atoms with Gasteiger partial charge in [0.2, 0.25) is 0 Å². The maximum Gasteiger partial charge on any atom is 0.321 e. The average molecular weight is 271 g/mol. The van der Waals surface area contributed by atoms with Gasteiger partial charge in [0.15, 0.2) is 0 Å². The van der Waals surface area contributed by atoms with Crippen molar-refractivity contribution in [1.29, 1.82) is 0 Å². The maximum atomic E-state index is 5.66. The standard InChI is InChI=1S/C16H21N3O/c1-3-8-17-10-14-11-18-16(19-12-14)20-15-7-5-6-13(4-2)9-15/h5-7,9,11-12,17H,3-4,8,10H2,1-2H3. The van der Waals surface area contributed by atoms with E-state index in [-0.39, 0.29) is 0 Å². The van der Waals surface area contributed by atoms with Crippen molar-refractivity contribution >= 4 is 0 Å². The first-order chi connectivity index (χ1) is 9.81. The first-order valence-corrected chi connectivity index (χ1v) is 7.10. The van der Waals surface area contributed by atoms with Crippen LogP contribution in [0.1, 0.15) is 31.4 Å². The van der Waals surface area contributed by atoms with E-state index in [2.05, 4.69) is 35.2 Å². The largest absolute Gasteiger partial charge is 0.424 e. The first-order valence-electron chi connectivity index (χ1n) is 7.10. The van der Waals surface area contributed by atoms with Crippen LogP contribution in [0.3, 0.4) is 0 Å². The SMILES string of the molecule is CCCNCc1cnc(Oc2cccc(CC)c2)nc1. The summed E-state index contributed by atoms with van der Waals surface area (Å²) >= 11 is 0. The predicted octanol–water partition coefficient (Wildman–Crippen LogP) is 3.33. The second-order valence-corrected chi connectivity index (χ2v) is 4.65. The normalized spacial score (nSPS) is 10.5. The summed E-state index contributed by atoms with van der Waals surface area (Å²) in [5.41, 5.74) is 2.30. The molecule has 0 amide bonds. The summed E-state index contributed by atoms with van der Waals surface area (Å²) in [5.74, 6) is 0.779. The van der Waals surface area contributed by atoms with Crippen molar-refractivity contribution in [1.82, 2.24) is 15.3 Å². The topological polar surface area (TPSA) is 47.0 Å². The van der Waals surface area contributed by atoms with Gasteiger partial charge in [-0.05, 0) is 37.1 Å². The van der Waals surface area contributed by atoms with E-state index in [1.54, 1.807) is 12.4 Å². The molecule has 1 aromatic heterocycles. The van der Waals surface area contributed by atoms with Crippen molar-refractivity contribution in [3.8, 4) is 11.8 Å². The lowest BCUT2D eigenvalue weighted by Crippen LogP contribution is -2.14. The third-order valence-electron chi connectivity index (χ3n) is 2.95. The highest BCUT2D eigenvalue weighted by atomic mass is 16.5. The summed E-state index contributed by atoms with van der Waals surface area (Å²) in [6, 6.07) is 8.38. The van der Waals surface area contributed by atoms with Crippen LogP contribution in [0.5, 0.6) is 11.8 Å². The molecule has 0 atom stereocenters. The smallest absolute Gasteiger partial charge is 0.321 e. The van der Waals surface area contributed by atoms with E-state index in [9.17, 15) is 0 Å². The second kappa shape index (κ2) is 7.60. The molecule has 0 spiro atoms. The molecule has 20 heavy (non-hydrogen) atoms. The molecule has 1 heterocycles. The maximum absolute atomic E-state index is 5.66. The van der Waals surface area contributed by atoms with Crippen LogP contribution < -0.4 is 10.1 Å². The lowest BCUT2D eigenvalue weighted by Gasteiger charge is -2.06. The van der Waals surface area contributed by atoms with Gasteiger partial charge >= 0.3 is 6.01 Å². The molecule has 0 aliphatic heterocycles. The van der Waals surface area contributed by atoms with Gasteiger partial charge in [-0.2, -0.15) is 0 Å². The van der Waals surface area contributed by atoms with Crippen molar-refractivity contribution in [3.05, 3.63) is 47.8 Å². The molecule has 0 unspecified atom stereocenters. The van der Waals surface area contributed by atoms with E-state index in [0.717, 1.165) is 37.2 Å². The fraction of sp³-hybridized carbons (Fsp3) is 0.375. The number of nitrogens with zero attached hydrogens (tertiary/aromatic N) is 2. The van der Waals surface area contributed by atoms with Gasteiger partial charge in [-0.3, -0.25) is 0 Å². The van der Waals surface area contributed by atoms with E-state index in [1.807, 2.05) is 18.2 Å². The van der Waals surface area contributed by atoms with Gasteiger partial charge in [-0.15, -0.1) is 0 Å². The number of aryl methyl sites for hydroxylation is 1. The highest BCUT2D eigenvalue weighted by molar-refractivity contribution is 5.30. The fourth-order valence-corrected chi connectivity index (χ4v) is 1.83. The molecule has 4 heteroatoms. The highest BCUT2D eigenvalue weighted by Gasteiger charge is 2.01. The lowest BCUT2D eigenvalue weighted by molar-refractivity contribution is 0.440. The molecule has 4 nitrogen and oxygen atoms in total. The Kier molecular flexibility index (Phi) is 5.50. The summed E-state index contributed by atoms with van der Waals surface area (Å²) in [6.45, 7) is 6.06. The van der Waals surface area contributed by atoms with Crippen LogP contribution >= 0.6 is 0 Å². The summed E-state index contributed by atoms with van der Waals surface area (Å²) in [6.07, 6.45) is 5.71. The summed E-state index contributed by atoms with van der Waals surface area (Å²) in [5, 5.41) is 3.31. The van der Waals surface area contributed by atoms with Gasteiger partial charge in [0.25, 0.3) is 0 Å². The summed E-state index contributed by atoms with van der Waals surface area (Å²) < 4.78 is 5.66. The number of aromatic nitrogens is 2. The van der Waals surface area contributed by atoms with Gasteiger partial charge in [0.05, 0.1) is 0 Å². The molecule has 0 bridgehead atoms. The molecule has 0 fully saturated rings.